The van der Waals surface area contributed by atoms with Gasteiger partial charge in [-0.2, -0.15) is 5.06 Å². The van der Waals surface area contributed by atoms with E-state index < -0.39 is 5.60 Å². The van der Waals surface area contributed by atoms with Crippen molar-refractivity contribution in [2.24, 2.45) is 5.41 Å². The van der Waals surface area contributed by atoms with Gasteiger partial charge in [0.05, 0.1) is 18.3 Å². The van der Waals surface area contributed by atoms with Crippen molar-refractivity contribution in [2.75, 3.05) is 19.8 Å². The molecular formula is C31H63NO3. The Labute approximate surface area is 219 Å². The van der Waals surface area contributed by atoms with Crippen LogP contribution in [0.25, 0.3) is 0 Å². The Kier molecular flexibility index (Phi) is 16.3. The average Bonchev–Trinajstić information content (AvgIpc) is 2.77. The van der Waals surface area contributed by atoms with Crippen molar-refractivity contribution in [3.63, 3.8) is 0 Å². The molecule has 0 amide bonds. The van der Waals surface area contributed by atoms with E-state index >= 15 is 0 Å². The predicted molar refractivity (Wildman–Crippen MR) is 151 cm³/mol. The quantitative estimate of drug-likeness (QED) is 0.161. The average molecular weight is 498 g/mol. The zero-order valence-electron chi connectivity index (χ0n) is 24.9. The van der Waals surface area contributed by atoms with Crippen molar-refractivity contribution < 1.29 is 14.7 Å². The molecule has 1 fully saturated rings. The van der Waals surface area contributed by atoms with Crippen LogP contribution >= 0.6 is 0 Å². The third kappa shape index (κ3) is 13.3. The van der Waals surface area contributed by atoms with Crippen molar-refractivity contribution in [3.8, 4) is 0 Å². The van der Waals surface area contributed by atoms with Gasteiger partial charge in [0, 0.05) is 24.1 Å². The number of rotatable bonds is 21. The van der Waals surface area contributed by atoms with Crippen LogP contribution in [0.15, 0.2) is 0 Å². The van der Waals surface area contributed by atoms with E-state index in [0.717, 1.165) is 19.6 Å². The summed E-state index contributed by atoms with van der Waals surface area (Å²) >= 11 is 0. The van der Waals surface area contributed by atoms with Gasteiger partial charge in [-0.3, -0.25) is 4.84 Å². The van der Waals surface area contributed by atoms with E-state index in [1.807, 2.05) is 0 Å². The summed E-state index contributed by atoms with van der Waals surface area (Å²) in [5.41, 5.74) is -1.00. The van der Waals surface area contributed by atoms with Gasteiger partial charge in [-0.1, -0.05) is 117 Å². The van der Waals surface area contributed by atoms with Crippen LogP contribution in [0.5, 0.6) is 0 Å². The Morgan fingerprint density at radius 2 is 1.17 bits per heavy atom. The second-order valence-electron chi connectivity index (χ2n) is 12.9. The molecule has 0 aromatic heterocycles. The molecule has 0 saturated carbocycles. The lowest BCUT2D eigenvalue weighted by Gasteiger charge is -2.55. The van der Waals surface area contributed by atoms with Crippen molar-refractivity contribution in [3.05, 3.63) is 0 Å². The summed E-state index contributed by atoms with van der Waals surface area (Å²) < 4.78 is 6.42. The molecule has 0 spiro atoms. The molecule has 0 aromatic carbocycles. The van der Waals surface area contributed by atoms with E-state index in [2.05, 4.69) is 39.7 Å². The zero-order valence-corrected chi connectivity index (χ0v) is 24.9. The van der Waals surface area contributed by atoms with Crippen LogP contribution in [0.1, 0.15) is 158 Å². The number of piperidine rings is 1. The molecule has 1 saturated heterocycles. The van der Waals surface area contributed by atoms with Crippen LogP contribution in [0.3, 0.4) is 0 Å². The third-order valence-corrected chi connectivity index (χ3v) is 8.49. The lowest BCUT2D eigenvalue weighted by molar-refractivity contribution is -0.295. The zero-order chi connectivity index (χ0) is 26.2. The Balaban J connectivity index is 2.04. The van der Waals surface area contributed by atoms with Crippen LogP contribution in [0, 0.1) is 5.41 Å². The molecule has 0 bridgehead atoms. The van der Waals surface area contributed by atoms with E-state index in [1.54, 1.807) is 13.8 Å². The minimum Gasteiger partial charge on any atom is -0.388 e. The molecule has 1 heterocycles. The Morgan fingerprint density at radius 3 is 1.60 bits per heavy atom. The molecule has 1 unspecified atom stereocenters. The Morgan fingerprint density at radius 1 is 0.743 bits per heavy atom. The highest BCUT2D eigenvalue weighted by Crippen LogP contribution is 2.45. The molecule has 0 radical (unpaired) electrons. The molecule has 1 atom stereocenters. The molecule has 4 nitrogen and oxygen atoms in total. The summed E-state index contributed by atoms with van der Waals surface area (Å²) in [6, 6.07) is 0. The Bertz CT molecular complexity index is 512. The number of nitrogens with zero attached hydrogens (tertiary/aromatic N) is 1. The van der Waals surface area contributed by atoms with Gasteiger partial charge in [0.2, 0.25) is 0 Å². The summed E-state index contributed by atoms with van der Waals surface area (Å²) in [5.74, 6) is 0. The largest absolute Gasteiger partial charge is 0.388 e. The summed E-state index contributed by atoms with van der Waals surface area (Å²) in [6.07, 6.45) is 23.6. The number of ether oxygens (including phenoxy) is 1. The smallest absolute Gasteiger partial charge is 0.0967 e. The highest BCUT2D eigenvalue weighted by molar-refractivity contribution is 5.01. The predicted octanol–water partition coefficient (Wildman–Crippen LogP) is 8.85. The van der Waals surface area contributed by atoms with Gasteiger partial charge in [-0.25, -0.2) is 0 Å². The van der Waals surface area contributed by atoms with Gasteiger partial charge in [0.1, 0.15) is 0 Å². The standard InChI is InChI=1S/C31H63NO3/c1-8-9-10-11-12-13-14-15-16-17-18-19-20-21-22-23-26-34-28-24-25-32(35-27-29(2,3)33)31(6,7)30(28,4)5/h28,33H,8-27H2,1-7H3. The van der Waals surface area contributed by atoms with Crippen molar-refractivity contribution >= 4 is 0 Å². The summed E-state index contributed by atoms with van der Waals surface area (Å²) in [5, 5.41) is 12.1. The molecule has 210 valence electrons. The molecule has 1 rings (SSSR count). The van der Waals surface area contributed by atoms with E-state index in [1.165, 1.54) is 103 Å². The molecule has 1 aliphatic heterocycles. The van der Waals surface area contributed by atoms with Crippen molar-refractivity contribution in [2.45, 2.75) is 175 Å². The SMILES string of the molecule is CCCCCCCCCCCCCCCCCCOC1CCN(OCC(C)(C)O)C(C)(C)C1(C)C. The number of hydroxylamine groups is 2. The van der Waals surface area contributed by atoms with Crippen LogP contribution < -0.4 is 0 Å². The molecule has 0 aliphatic carbocycles. The first-order valence-corrected chi connectivity index (χ1v) is 15.3. The van der Waals surface area contributed by atoms with Crippen LogP contribution in [-0.2, 0) is 9.57 Å². The number of unbranched alkanes of at least 4 members (excludes halogenated alkanes) is 15. The van der Waals surface area contributed by atoms with E-state index in [9.17, 15) is 5.11 Å². The van der Waals surface area contributed by atoms with Gasteiger partial charge >= 0.3 is 0 Å². The maximum atomic E-state index is 10.0. The van der Waals surface area contributed by atoms with Crippen molar-refractivity contribution in [1.29, 1.82) is 0 Å². The van der Waals surface area contributed by atoms with Gasteiger partial charge in [0.15, 0.2) is 0 Å². The highest BCUT2D eigenvalue weighted by Gasteiger charge is 2.51. The Hall–Kier alpha value is -0.160. The fraction of sp³-hybridized carbons (Fsp3) is 1.00. The normalized spacial score (nSPS) is 20.4. The minimum atomic E-state index is -0.819. The summed E-state index contributed by atoms with van der Waals surface area (Å²) in [7, 11) is 0. The second kappa shape index (κ2) is 17.4. The van der Waals surface area contributed by atoms with Gasteiger partial charge < -0.3 is 9.84 Å². The van der Waals surface area contributed by atoms with Gasteiger partial charge in [0.25, 0.3) is 0 Å². The summed E-state index contributed by atoms with van der Waals surface area (Å²) in [4.78, 5) is 6.01. The van der Waals surface area contributed by atoms with Crippen molar-refractivity contribution in [1.82, 2.24) is 5.06 Å². The fourth-order valence-corrected chi connectivity index (χ4v) is 5.22. The summed E-state index contributed by atoms with van der Waals surface area (Å²) in [6.45, 7) is 17.0. The van der Waals surface area contributed by atoms with E-state index in [0.29, 0.717) is 6.61 Å². The lowest BCUT2D eigenvalue weighted by Crippen LogP contribution is -2.63. The lowest BCUT2D eigenvalue weighted by atomic mass is 9.67. The van der Waals surface area contributed by atoms with E-state index in [-0.39, 0.29) is 17.1 Å². The monoisotopic (exact) mass is 497 g/mol. The van der Waals surface area contributed by atoms with Crippen LogP contribution in [0.4, 0.5) is 0 Å². The van der Waals surface area contributed by atoms with Gasteiger partial charge in [-0.15, -0.1) is 0 Å². The molecule has 4 heteroatoms. The molecule has 35 heavy (non-hydrogen) atoms. The minimum absolute atomic E-state index is 0.0279. The number of aliphatic hydroxyl groups is 1. The molecule has 0 aromatic rings. The third-order valence-electron chi connectivity index (χ3n) is 8.49. The maximum Gasteiger partial charge on any atom is 0.0967 e. The van der Waals surface area contributed by atoms with E-state index in [4.69, 9.17) is 9.57 Å². The highest BCUT2D eigenvalue weighted by atomic mass is 16.7. The first-order valence-electron chi connectivity index (χ1n) is 15.3. The molecule has 1 N–H and O–H groups in total. The fourth-order valence-electron chi connectivity index (χ4n) is 5.22. The van der Waals surface area contributed by atoms with Gasteiger partial charge in [-0.05, 0) is 40.5 Å². The molecule has 1 aliphatic rings. The van der Waals surface area contributed by atoms with Crippen LogP contribution in [0.2, 0.25) is 0 Å². The van der Waals surface area contributed by atoms with Crippen LogP contribution in [-0.4, -0.2) is 47.2 Å². The second-order valence-corrected chi connectivity index (χ2v) is 12.9. The molecular weight excluding hydrogens is 434 g/mol. The number of hydrogen-bond acceptors (Lipinski definition) is 4. The maximum absolute atomic E-state index is 10.0. The topological polar surface area (TPSA) is 41.9 Å². The first kappa shape index (κ1) is 32.9. The first-order chi connectivity index (χ1) is 16.5. The number of hydrogen-bond donors (Lipinski definition) is 1.